The van der Waals surface area contributed by atoms with Crippen LogP contribution in [0.25, 0.3) is 22.2 Å². The van der Waals surface area contributed by atoms with Gasteiger partial charge in [0.05, 0.1) is 11.3 Å². The summed E-state index contributed by atoms with van der Waals surface area (Å²) in [6.07, 6.45) is 6.18. The van der Waals surface area contributed by atoms with Gasteiger partial charge in [-0.3, -0.25) is 4.90 Å². The molecule has 37 heavy (non-hydrogen) atoms. The van der Waals surface area contributed by atoms with Gasteiger partial charge in [-0.05, 0) is 80.1 Å². The monoisotopic (exact) mass is 494 g/mol. The van der Waals surface area contributed by atoms with Crippen molar-refractivity contribution in [2.75, 3.05) is 7.05 Å². The number of aromatic nitrogens is 1. The molecule has 1 aromatic heterocycles. The van der Waals surface area contributed by atoms with Crippen LogP contribution in [0.4, 0.5) is 0 Å². The Hall–Kier alpha value is -3.37. The van der Waals surface area contributed by atoms with Gasteiger partial charge in [0.1, 0.15) is 0 Å². The van der Waals surface area contributed by atoms with Crippen LogP contribution in [0.15, 0.2) is 72.8 Å². The number of hydrogen-bond donors (Lipinski definition) is 1. The highest BCUT2D eigenvalue weighted by Gasteiger charge is 2.27. The van der Waals surface area contributed by atoms with E-state index in [-0.39, 0.29) is 0 Å². The molecule has 0 aliphatic heterocycles. The van der Waals surface area contributed by atoms with Gasteiger partial charge in [0.2, 0.25) is 0 Å². The first-order valence-electron chi connectivity index (χ1n) is 13.6. The molecule has 0 unspecified atom stereocenters. The molecule has 0 saturated heterocycles. The topological polar surface area (TPSA) is 45.5 Å². The lowest BCUT2D eigenvalue weighted by Crippen LogP contribution is -2.25. The molecule has 3 aromatic carbocycles. The Bertz CT molecular complexity index is 1380. The zero-order chi connectivity index (χ0) is 25.9. The van der Waals surface area contributed by atoms with Crippen LogP contribution in [0.1, 0.15) is 78.9 Å². The minimum absolute atomic E-state index is 0.341. The van der Waals surface area contributed by atoms with E-state index in [0.29, 0.717) is 24.1 Å². The first-order valence-corrected chi connectivity index (χ1v) is 13.6. The highest BCUT2D eigenvalue weighted by Crippen LogP contribution is 2.44. The van der Waals surface area contributed by atoms with Gasteiger partial charge in [-0.1, -0.05) is 73.9 Å². The highest BCUT2D eigenvalue weighted by atomic mass is 16.4. The quantitative estimate of drug-likeness (QED) is 0.270. The minimum Gasteiger partial charge on any atom is -0.478 e. The maximum atomic E-state index is 12.0. The predicted molar refractivity (Wildman–Crippen MR) is 152 cm³/mol. The van der Waals surface area contributed by atoms with Gasteiger partial charge >= 0.3 is 5.97 Å². The number of aromatic carboxylic acids is 1. The second-order valence-corrected chi connectivity index (χ2v) is 10.9. The van der Waals surface area contributed by atoms with Crippen molar-refractivity contribution in [2.45, 2.75) is 71.0 Å². The number of rotatable bonds is 8. The average Bonchev–Trinajstić information content (AvgIpc) is 3.23. The number of nitrogens with zero attached hydrogens (tertiary/aromatic N) is 2. The van der Waals surface area contributed by atoms with E-state index in [2.05, 4.69) is 85.0 Å². The molecule has 0 spiro atoms. The molecule has 192 valence electrons. The molecule has 0 bridgehead atoms. The summed E-state index contributed by atoms with van der Waals surface area (Å²) in [7, 11) is 2.17. The van der Waals surface area contributed by atoms with E-state index >= 15 is 0 Å². The van der Waals surface area contributed by atoms with Crippen LogP contribution in [0.2, 0.25) is 0 Å². The molecular weight excluding hydrogens is 456 g/mol. The summed E-state index contributed by atoms with van der Waals surface area (Å²) in [4.78, 5) is 14.3. The Morgan fingerprint density at radius 3 is 2.38 bits per heavy atom. The Labute approximate surface area is 220 Å². The van der Waals surface area contributed by atoms with Crippen LogP contribution in [-0.2, 0) is 13.1 Å². The molecule has 1 heterocycles. The van der Waals surface area contributed by atoms with Crippen molar-refractivity contribution < 1.29 is 9.90 Å². The van der Waals surface area contributed by atoms with E-state index in [4.69, 9.17) is 0 Å². The van der Waals surface area contributed by atoms with Crippen LogP contribution in [-0.4, -0.2) is 33.6 Å². The standard InChI is InChI=1S/C33H38N2O2/c1-23(2)34(3)21-25-13-10-16-27(19-25)32-31(26-14-8-5-9-15-26)29-18-17-28(33(36)37)20-30(29)35(32)22-24-11-6-4-7-12-24/h4,6-7,10-13,16-20,23,26H,5,8-9,14-15,21-22H2,1-3H3,(H,36,37). The zero-order valence-electron chi connectivity index (χ0n) is 22.3. The summed E-state index contributed by atoms with van der Waals surface area (Å²) in [5.74, 6) is -0.394. The number of benzene rings is 3. The molecule has 4 heteroatoms. The fourth-order valence-electron chi connectivity index (χ4n) is 5.84. The van der Waals surface area contributed by atoms with Crippen LogP contribution >= 0.6 is 0 Å². The molecule has 5 rings (SSSR count). The lowest BCUT2D eigenvalue weighted by atomic mass is 9.81. The lowest BCUT2D eigenvalue weighted by Gasteiger charge is -2.24. The molecule has 0 amide bonds. The maximum absolute atomic E-state index is 12.0. The minimum atomic E-state index is -0.881. The van der Waals surface area contributed by atoms with Crippen molar-refractivity contribution in [2.24, 2.45) is 0 Å². The van der Waals surface area contributed by atoms with Crippen LogP contribution in [0, 0.1) is 0 Å². The molecule has 1 N–H and O–H groups in total. The second-order valence-electron chi connectivity index (χ2n) is 10.9. The van der Waals surface area contributed by atoms with Gasteiger partial charge in [0.25, 0.3) is 0 Å². The number of carbonyl (C=O) groups is 1. The fraction of sp³-hybridized carbons (Fsp3) is 0.364. The van der Waals surface area contributed by atoms with Crippen molar-refractivity contribution in [3.8, 4) is 11.3 Å². The smallest absolute Gasteiger partial charge is 0.335 e. The van der Waals surface area contributed by atoms with Crippen molar-refractivity contribution in [3.63, 3.8) is 0 Å². The summed E-state index contributed by atoms with van der Waals surface area (Å²) in [6.45, 7) is 6.05. The zero-order valence-corrected chi connectivity index (χ0v) is 22.3. The molecule has 0 atom stereocenters. The van der Waals surface area contributed by atoms with E-state index in [9.17, 15) is 9.90 Å². The summed E-state index contributed by atoms with van der Waals surface area (Å²) >= 11 is 0. The summed E-state index contributed by atoms with van der Waals surface area (Å²) in [6, 6.07) is 25.7. The van der Waals surface area contributed by atoms with Gasteiger partial charge in [0.15, 0.2) is 0 Å². The third-order valence-electron chi connectivity index (χ3n) is 8.06. The molecular formula is C33H38N2O2. The van der Waals surface area contributed by atoms with Crippen LogP contribution in [0.3, 0.4) is 0 Å². The van der Waals surface area contributed by atoms with E-state index in [1.54, 1.807) is 6.07 Å². The maximum Gasteiger partial charge on any atom is 0.335 e. The lowest BCUT2D eigenvalue weighted by molar-refractivity contribution is 0.0697. The van der Waals surface area contributed by atoms with Gasteiger partial charge < -0.3 is 9.67 Å². The van der Waals surface area contributed by atoms with Crippen LogP contribution < -0.4 is 0 Å². The van der Waals surface area contributed by atoms with Crippen molar-refractivity contribution >= 4 is 16.9 Å². The SMILES string of the molecule is CC(C)N(C)Cc1cccc(-c2c(C3CCCCC3)c3ccc(C(=O)O)cc3n2Cc2ccccc2)c1. The Morgan fingerprint density at radius 2 is 1.68 bits per heavy atom. The van der Waals surface area contributed by atoms with Crippen molar-refractivity contribution in [1.29, 1.82) is 0 Å². The van der Waals surface area contributed by atoms with Gasteiger partial charge in [-0.15, -0.1) is 0 Å². The second kappa shape index (κ2) is 10.9. The van der Waals surface area contributed by atoms with Gasteiger partial charge in [-0.25, -0.2) is 4.79 Å². The molecule has 1 aliphatic rings. The normalized spacial score (nSPS) is 14.6. The first kappa shape index (κ1) is 25.3. The Morgan fingerprint density at radius 1 is 0.946 bits per heavy atom. The van der Waals surface area contributed by atoms with E-state index in [0.717, 1.165) is 12.1 Å². The summed E-state index contributed by atoms with van der Waals surface area (Å²) in [5, 5.41) is 11.0. The highest BCUT2D eigenvalue weighted by molar-refractivity contribution is 5.98. The summed E-state index contributed by atoms with van der Waals surface area (Å²) in [5.41, 5.74) is 7.74. The summed E-state index contributed by atoms with van der Waals surface area (Å²) < 4.78 is 2.38. The van der Waals surface area contributed by atoms with Crippen molar-refractivity contribution in [1.82, 2.24) is 9.47 Å². The fourth-order valence-corrected chi connectivity index (χ4v) is 5.84. The number of fused-ring (bicyclic) bond motifs is 1. The molecule has 0 radical (unpaired) electrons. The number of carboxylic acids is 1. The molecule has 4 aromatic rings. The van der Waals surface area contributed by atoms with E-state index < -0.39 is 5.97 Å². The first-order chi connectivity index (χ1) is 17.9. The molecule has 1 saturated carbocycles. The van der Waals surface area contributed by atoms with Crippen LogP contribution in [0.5, 0.6) is 0 Å². The molecule has 1 fully saturated rings. The predicted octanol–water partition coefficient (Wildman–Crippen LogP) is 7.94. The largest absolute Gasteiger partial charge is 0.478 e. The van der Waals surface area contributed by atoms with Crippen molar-refractivity contribution in [3.05, 3.63) is 95.1 Å². The average molecular weight is 495 g/mol. The molecule has 1 aliphatic carbocycles. The van der Waals surface area contributed by atoms with Gasteiger partial charge in [-0.2, -0.15) is 0 Å². The number of hydrogen-bond acceptors (Lipinski definition) is 2. The Kier molecular flexibility index (Phi) is 7.48. The number of carboxylic acid groups (broad SMARTS) is 1. The molecule has 4 nitrogen and oxygen atoms in total. The third-order valence-corrected chi connectivity index (χ3v) is 8.06. The van der Waals surface area contributed by atoms with E-state index in [1.807, 2.05) is 12.1 Å². The third kappa shape index (κ3) is 5.35. The van der Waals surface area contributed by atoms with E-state index in [1.165, 1.54) is 65.4 Å². The van der Waals surface area contributed by atoms with Gasteiger partial charge in [0, 0.05) is 30.0 Å². The Balaban J connectivity index is 1.75.